The molecule has 32 heavy (non-hydrogen) atoms. The number of fused-ring (bicyclic) bond motifs is 3. The Hall–Kier alpha value is -3.07. The minimum atomic E-state index is -0.260. The normalized spacial score (nSPS) is 13.4. The third kappa shape index (κ3) is 4.29. The number of aryl methyl sites for hydroxylation is 2. The first-order chi connectivity index (χ1) is 15.4. The zero-order valence-electron chi connectivity index (χ0n) is 19.8. The highest BCUT2D eigenvalue weighted by Crippen LogP contribution is 2.33. The van der Waals surface area contributed by atoms with Crippen LogP contribution >= 0.6 is 0 Å². The molecule has 0 bridgehead atoms. The SMILES string of the molecule is CCCCC(C)C(=O)OC(C)c1ccc(-n2c3ccc(C)cc3c3cc(C)ccc32)cc1. The van der Waals surface area contributed by atoms with E-state index < -0.39 is 0 Å². The molecule has 0 aliphatic heterocycles. The highest BCUT2D eigenvalue weighted by atomic mass is 16.5. The van der Waals surface area contributed by atoms with Crippen LogP contribution in [0.2, 0.25) is 0 Å². The van der Waals surface area contributed by atoms with Crippen LogP contribution in [0.1, 0.15) is 62.8 Å². The molecular formula is C29H33NO2. The second kappa shape index (κ2) is 9.20. The van der Waals surface area contributed by atoms with Crippen LogP contribution in [0.4, 0.5) is 0 Å². The summed E-state index contributed by atoms with van der Waals surface area (Å²) >= 11 is 0. The smallest absolute Gasteiger partial charge is 0.309 e. The Bertz CT molecular complexity index is 1190. The first kappa shape index (κ1) is 22.1. The molecule has 4 aromatic rings. The maximum Gasteiger partial charge on any atom is 0.309 e. The predicted octanol–water partition coefficient (Wildman–Crippen LogP) is 7.83. The number of unbranched alkanes of at least 4 members (excludes halogenated alkanes) is 1. The van der Waals surface area contributed by atoms with Crippen molar-refractivity contribution in [3.63, 3.8) is 0 Å². The minimum Gasteiger partial charge on any atom is -0.458 e. The highest BCUT2D eigenvalue weighted by Gasteiger charge is 2.18. The van der Waals surface area contributed by atoms with Crippen molar-refractivity contribution in [2.75, 3.05) is 0 Å². The Morgan fingerprint density at radius 2 is 1.44 bits per heavy atom. The summed E-state index contributed by atoms with van der Waals surface area (Å²) in [5.74, 6) is -0.163. The van der Waals surface area contributed by atoms with Gasteiger partial charge < -0.3 is 9.30 Å². The van der Waals surface area contributed by atoms with Crippen LogP contribution in [0.3, 0.4) is 0 Å². The lowest BCUT2D eigenvalue weighted by atomic mass is 10.0. The lowest BCUT2D eigenvalue weighted by Gasteiger charge is -2.18. The van der Waals surface area contributed by atoms with Crippen LogP contribution in [-0.2, 0) is 9.53 Å². The number of rotatable bonds is 7. The maximum absolute atomic E-state index is 12.4. The quantitative estimate of drug-likeness (QED) is 0.281. The molecule has 3 aromatic carbocycles. The summed E-state index contributed by atoms with van der Waals surface area (Å²) in [6.45, 7) is 10.3. The molecule has 0 fully saturated rings. The maximum atomic E-state index is 12.4. The monoisotopic (exact) mass is 427 g/mol. The number of carbonyl (C=O) groups excluding carboxylic acids is 1. The number of hydrogen-bond acceptors (Lipinski definition) is 2. The predicted molar refractivity (Wildman–Crippen MR) is 133 cm³/mol. The first-order valence-corrected chi connectivity index (χ1v) is 11.7. The van der Waals surface area contributed by atoms with Crippen LogP contribution in [0, 0.1) is 19.8 Å². The van der Waals surface area contributed by atoms with Gasteiger partial charge in [0.15, 0.2) is 0 Å². The van der Waals surface area contributed by atoms with Gasteiger partial charge in [0.25, 0.3) is 0 Å². The summed E-state index contributed by atoms with van der Waals surface area (Å²) in [6.07, 6.45) is 2.77. The summed E-state index contributed by atoms with van der Waals surface area (Å²) < 4.78 is 8.06. The fraction of sp³-hybridized carbons (Fsp3) is 0.345. The van der Waals surface area contributed by atoms with Crippen molar-refractivity contribution in [1.82, 2.24) is 4.57 Å². The number of benzene rings is 3. The van der Waals surface area contributed by atoms with Crippen molar-refractivity contribution in [1.29, 1.82) is 0 Å². The van der Waals surface area contributed by atoms with Gasteiger partial charge in [-0.15, -0.1) is 0 Å². The van der Waals surface area contributed by atoms with Crippen molar-refractivity contribution >= 4 is 27.8 Å². The molecule has 0 spiro atoms. The van der Waals surface area contributed by atoms with E-state index in [0.29, 0.717) is 0 Å². The number of carbonyl (C=O) groups is 1. The van der Waals surface area contributed by atoms with E-state index in [1.807, 2.05) is 13.8 Å². The standard InChI is InChI=1S/C29H33NO2/c1-6-7-8-21(4)29(31)32-22(5)23-11-13-24(14-12-23)30-27-15-9-19(2)17-25(27)26-18-20(3)10-16-28(26)30/h9-18,21-22H,6-8H2,1-5H3. The summed E-state index contributed by atoms with van der Waals surface area (Å²) in [5.41, 5.74) is 7.05. The van der Waals surface area contributed by atoms with Crippen LogP contribution in [0.5, 0.6) is 0 Å². The molecule has 1 aromatic heterocycles. The summed E-state index contributed by atoms with van der Waals surface area (Å²) in [4.78, 5) is 12.4. The molecule has 0 saturated heterocycles. The first-order valence-electron chi connectivity index (χ1n) is 11.7. The van der Waals surface area contributed by atoms with Gasteiger partial charge in [-0.25, -0.2) is 0 Å². The fourth-order valence-electron chi connectivity index (χ4n) is 4.41. The molecule has 0 N–H and O–H groups in total. The van der Waals surface area contributed by atoms with Crippen molar-refractivity contribution in [3.8, 4) is 5.69 Å². The molecule has 2 unspecified atom stereocenters. The third-order valence-electron chi connectivity index (χ3n) is 6.38. The van der Waals surface area contributed by atoms with Gasteiger partial charge in [-0.3, -0.25) is 4.79 Å². The van der Waals surface area contributed by atoms with Crippen molar-refractivity contribution in [2.24, 2.45) is 5.92 Å². The summed E-state index contributed by atoms with van der Waals surface area (Å²) in [6, 6.07) is 21.7. The largest absolute Gasteiger partial charge is 0.458 e. The minimum absolute atomic E-state index is 0.0545. The van der Waals surface area contributed by atoms with Crippen LogP contribution in [0.15, 0.2) is 60.7 Å². The zero-order chi connectivity index (χ0) is 22.8. The molecule has 0 aliphatic rings. The Balaban J connectivity index is 1.65. The summed E-state index contributed by atoms with van der Waals surface area (Å²) in [5, 5.41) is 2.55. The van der Waals surface area contributed by atoms with E-state index in [1.165, 1.54) is 32.9 Å². The topological polar surface area (TPSA) is 31.2 Å². The van der Waals surface area contributed by atoms with Gasteiger partial charge in [-0.2, -0.15) is 0 Å². The molecule has 3 nitrogen and oxygen atoms in total. The van der Waals surface area contributed by atoms with Gasteiger partial charge in [-0.1, -0.05) is 62.1 Å². The van der Waals surface area contributed by atoms with E-state index in [-0.39, 0.29) is 18.0 Å². The van der Waals surface area contributed by atoms with Gasteiger partial charge in [0.2, 0.25) is 0 Å². The average Bonchev–Trinajstić information content (AvgIpc) is 3.10. The van der Waals surface area contributed by atoms with Crippen molar-refractivity contribution < 1.29 is 9.53 Å². The molecule has 4 rings (SSSR count). The van der Waals surface area contributed by atoms with E-state index in [9.17, 15) is 4.79 Å². The number of ether oxygens (including phenoxy) is 1. The molecular weight excluding hydrogens is 394 g/mol. The van der Waals surface area contributed by atoms with E-state index in [4.69, 9.17) is 4.74 Å². The number of aromatic nitrogens is 1. The number of nitrogens with zero attached hydrogens (tertiary/aromatic N) is 1. The lowest BCUT2D eigenvalue weighted by molar-refractivity contribution is -0.153. The Labute approximate surface area is 191 Å². The zero-order valence-corrected chi connectivity index (χ0v) is 19.8. The molecule has 0 amide bonds. The second-order valence-electron chi connectivity index (χ2n) is 9.09. The van der Waals surface area contributed by atoms with E-state index in [1.54, 1.807) is 0 Å². The van der Waals surface area contributed by atoms with Crippen molar-refractivity contribution in [3.05, 3.63) is 77.4 Å². The molecule has 2 atom stereocenters. The number of esters is 1. The third-order valence-corrected chi connectivity index (χ3v) is 6.38. The van der Waals surface area contributed by atoms with E-state index in [2.05, 4.69) is 86.0 Å². The summed E-state index contributed by atoms with van der Waals surface area (Å²) in [7, 11) is 0. The average molecular weight is 428 g/mol. The van der Waals surface area contributed by atoms with Crippen LogP contribution in [0.25, 0.3) is 27.5 Å². The Morgan fingerprint density at radius 3 is 1.97 bits per heavy atom. The van der Waals surface area contributed by atoms with Gasteiger partial charge in [0, 0.05) is 16.5 Å². The van der Waals surface area contributed by atoms with Gasteiger partial charge in [-0.05, 0) is 69.2 Å². The molecule has 3 heteroatoms. The van der Waals surface area contributed by atoms with Gasteiger partial charge >= 0.3 is 5.97 Å². The molecule has 0 saturated carbocycles. The second-order valence-corrected chi connectivity index (χ2v) is 9.09. The highest BCUT2D eigenvalue weighted by molar-refractivity contribution is 6.09. The molecule has 0 radical (unpaired) electrons. The Morgan fingerprint density at radius 1 is 0.875 bits per heavy atom. The van der Waals surface area contributed by atoms with Gasteiger partial charge in [0.1, 0.15) is 6.10 Å². The Kier molecular flexibility index (Phi) is 6.36. The fourth-order valence-corrected chi connectivity index (χ4v) is 4.41. The van der Waals surface area contributed by atoms with Crippen molar-refractivity contribution in [2.45, 2.75) is 60.0 Å². The lowest BCUT2D eigenvalue weighted by Crippen LogP contribution is -2.17. The van der Waals surface area contributed by atoms with Crippen LogP contribution in [-0.4, -0.2) is 10.5 Å². The number of hydrogen-bond donors (Lipinski definition) is 0. The molecule has 0 aliphatic carbocycles. The van der Waals surface area contributed by atoms with E-state index >= 15 is 0 Å². The molecule has 166 valence electrons. The van der Waals surface area contributed by atoms with Gasteiger partial charge in [0.05, 0.1) is 17.0 Å². The van der Waals surface area contributed by atoms with Crippen LogP contribution < -0.4 is 0 Å². The molecule has 1 heterocycles. The van der Waals surface area contributed by atoms with E-state index in [0.717, 1.165) is 30.5 Å².